The summed E-state index contributed by atoms with van der Waals surface area (Å²) in [6.45, 7) is 1.03. The van der Waals surface area contributed by atoms with Crippen LogP contribution in [0.2, 0.25) is 0 Å². The van der Waals surface area contributed by atoms with E-state index in [4.69, 9.17) is 0 Å². The normalized spacial score (nSPS) is 17.9. The average molecular weight is 205 g/mol. The highest BCUT2D eigenvalue weighted by atomic mass is 32.2. The molecule has 0 aliphatic carbocycles. The van der Waals surface area contributed by atoms with E-state index in [1.54, 1.807) is 0 Å². The van der Waals surface area contributed by atoms with Crippen LogP contribution in [0.3, 0.4) is 0 Å². The van der Waals surface area contributed by atoms with Crippen LogP contribution < -0.4 is 0 Å². The highest BCUT2D eigenvalue weighted by molar-refractivity contribution is 7.99. The Morgan fingerprint density at radius 1 is 1.29 bits per heavy atom. The van der Waals surface area contributed by atoms with Crippen molar-refractivity contribution in [2.24, 2.45) is 4.99 Å². The molecule has 2 heteroatoms. The van der Waals surface area contributed by atoms with Crippen molar-refractivity contribution < 1.29 is 0 Å². The second-order valence-corrected chi connectivity index (χ2v) is 4.45. The summed E-state index contributed by atoms with van der Waals surface area (Å²) in [4.78, 5) is 4.58. The predicted molar refractivity (Wildman–Crippen MR) is 64.2 cm³/mol. The molecule has 1 aliphatic heterocycles. The van der Waals surface area contributed by atoms with Crippen molar-refractivity contribution >= 4 is 17.5 Å². The van der Waals surface area contributed by atoms with E-state index in [1.807, 2.05) is 11.8 Å². The lowest BCUT2D eigenvalue weighted by molar-refractivity contribution is 0.949. The predicted octanol–water partition coefficient (Wildman–Crippen LogP) is 3.33. The topological polar surface area (TPSA) is 12.4 Å². The van der Waals surface area contributed by atoms with Gasteiger partial charge in [-0.05, 0) is 24.7 Å². The summed E-state index contributed by atoms with van der Waals surface area (Å²) in [7, 11) is 0. The van der Waals surface area contributed by atoms with E-state index in [0.717, 1.165) is 6.54 Å². The molecule has 0 aromatic heterocycles. The summed E-state index contributed by atoms with van der Waals surface area (Å²) in [5.41, 5.74) is 2.77. The third kappa shape index (κ3) is 2.01. The number of benzene rings is 1. The number of rotatable bonds is 3. The van der Waals surface area contributed by atoms with Crippen molar-refractivity contribution in [3.05, 3.63) is 35.9 Å². The van der Waals surface area contributed by atoms with E-state index >= 15 is 0 Å². The zero-order valence-electron chi connectivity index (χ0n) is 8.44. The molecular weight excluding hydrogens is 190 g/mol. The highest BCUT2D eigenvalue weighted by Gasteiger charge is 2.18. The maximum atomic E-state index is 4.58. The first-order chi connectivity index (χ1) is 6.92. The van der Waals surface area contributed by atoms with Crippen molar-refractivity contribution in [1.82, 2.24) is 0 Å². The minimum absolute atomic E-state index is 0.485. The van der Waals surface area contributed by atoms with Gasteiger partial charge in [-0.1, -0.05) is 30.3 Å². The number of thioether (sulfide) groups is 1. The Balaban J connectivity index is 2.21. The molecular formula is C12H15NS. The number of aliphatic imine (C=N–C) groups is 1. The second-order valence-electron chi connectivity index (χ2n) is 3.50. The maximum Gasteiger partial charge on any atom is 0.0672 e. The van der Waals surface area contributed by atoms with Crippen molar-refractivity contribution in [3.63, 3.8) is 0 Å². The highest BCUT2D eigenvalue weighted by Crippen LogP contribution is 2.31. The number of hydrogen-bond acceptors (Lipinski definition) is 2. The molecule has 14 heavy (non-hydrogen) atoms. The fourth-order valence-electron chi connectivity index (χ4n) is 1.87. The first kappa shape index (κ1) is 9.78. The van der Waals surface area contributed by atoms with E-state index in [-0.39, 0.29) is 0 Å². The Kier molecular flexibility index (Phi) is 3.25. The molecule has 74 valence electrons. The quantitative estimate of drug-likeness (QED) is 0.737. The summed E-state index contributed by atoms with van der Waals surface area (Å²) in [5, 5.41) is 0.485. The molecule has 1 unspecified atom stereocenters. The monoisotopic (exact) mass is 205 g/mol. The zero-order chi connectivity index (χ0) is 9.80. The van der Waals surface area contributed by atoms with Gasteiger partial charge in [-0.15, -0.1) is 0 Å². The molecule has 0 saturated heterocycles. The van der Waals surface area contributed by atoms with Gasteiger partial charge in [-0.25, -0.2) is 0 Å². The smallest absolute Gasteiger partial charge is 0.0672 e. The molecule has 0 fully saturated rings. The Bertz CT molecular complexity index is 318. The number of nitrogens with zero attached hydrogens (tertiary/aromatic N) is 1. The molecule has 1 heterocycles. The van der Waals surface area contributed by atoms with Crippen LogP contribution in [0.25, 0.3) is 0 Å². The molecule has 1 aliphatic rings. The van der Waals surface area contributed by atoms with Gasteiger partial charge in [-0.3, -0.25) is 4.99 Å². The molecule has 0 N–H and O–H groups in total. The molecule has 1 atom stereocenters. The van der Waals surface area contributed by atoms with Gasteiger partial charge in [0.2, 0.25) is 0 Å². The van der Waals surface area contributed by atoms with E-state index in [9.17, 15) is 0 Å². The van der Waals surface area contributed by atoms with Crippen LogP contribution in [-0.2, 0) is 0 Å². The first-order valence-corrected chi connectivity index (χ1v) is 6.31. The van der Waals surface area contributed by atoms with E-state index in [2.05, 4.69) is 41.6 Å². The third-order valence-corrected chi connectivity index (χ3v) is 3.56. The van der Waals surface area contributed by atoms with Gasteiger partial charge in [0.05, 0.1) is 5.25 Å². The van der Waals surface area contributed by atoms with E-state index in [0.29, 0.717) is 5.25 Å². The van der Waals surface area contributed by atoms with Gasteiger partial charge < -0.3 is 0 Å². The summed E-state index contributed by atoms with van der Waals surface area (Å²) >= 11 is 1.89. The fraction of sp³-hybridized carbons (Fsp3) is 0.417. The molecule has 0 amide bonds. The molecule has 2 rings (SSSR count). The first-order valence-electron chi connectivity index (χ1n) is 5.03. The van der Waals surface area contributed by atoms with Crippen molar-refractivity contribution in [3.8, 4) is 0 Å². The molecule has 0 saturated carbocycles. The van der Waals surface area contributed by atoms with Gasteiger partial charge in [-0.2, -0.15) is 11.8 Å². The summed E-state index contributed by atoms with van der Waals surface area (Å²) in [6.07, 6.45) is 4.58. The summed E-state index contributed by atoms with van der Waals surface area (Å²) < 4.78 is 0. The lowest BCUT2D eigenvalue weighted by Crippen LogP contribution is -2.05. The zero-order valence-corrected chi connectivity index (χ0v) is 9.26. The van der Waals surface area contributed by atoms with Crippen molar-refractivity contribution in [1.29, 1.82) is 0 Å². The van der Waals surface area contributed by atoms with Gasteiger partial charge in [0, 0.05) is 12.3 Å². The average Bonchev–Trinajstić information content (AvgIpc) is 2.74. The second kappa shape index (κ2) is 4.65. The lowest BCUT2D eigenvalue weighted by atomic mass is 10.1. The lowest BCUT2D eigenvalue weighted by Gasteiger charge is -2.14. The Labute approximate surface area is 89.6 Å². The van der Waals surface area contributed by atoms with Crippen molar-refractivity contribution in [2.45, 2.75) is 18.1 Å². The van der Waals surface area contributed by atoms with Gasteiger partial charge >= 0.3 is 0 Å². The summed E-state index contributed by atoms with van der Waals surface area (Å²) in [6, 6.07) is 10.7. The number of hydrogen-bond donors (Lipinski definition) is 0. The molecule has 0 spiro atoms. The Morgan fingerprint density at radius 2 is 2.07 bits per heavy atom. The van der Waals surface area contributed by atoms with Gasteiger partial charge in [0.1, 0.15) is 0 Å². The molecule has 1 aromatic rings. The van der Waals surface area contributed by atoms with E-state index in [1.165, 1.54) is 24.1 Å². The van der Waals surface area contributed by atoms with Crippen LogP contribution in [0.4, 0.5) is 0 Å². The van der Waals surface area contributed by atoms with Crippen LogP contribution in [0.15, 0.2) is 35.3 Å². The Hall–Kier alpha value is -0.760. The maximum absolute atomic E-state index is 4.58. The van der Waals surface area contributed by atoms with Crippen LogP contribution in [-0.4, -0.2) is 18.5 Å². The van der Waals surface area contributed by atoms with Crippen LogP contribution >= 0.6 is 11.8 Å². The minimum atomic E-state index is 0.485. The molecule has 0 radical (unpaired) electrons. The molecule has 1 aromatic carbocycles. The van der Waals surface area contributed by atoms with Crippen LogP contribution in [0.1, 0.15) is 23.7 Å². The Morgan fingerprint density at radius 3 is 2.64 bits per heavy atom. The fourth-order valence-corrected chi connectivity index (χ4v) is 2.76. The SMILES string of the molecule is CSC(C1=NCCC1)c1ccccc1. The standard InChI is InChI=1S/C12H15NS/c1-14-12(11-8-5-9-13-11)10-6-3-2-4-7-10/h2-4,6-7,12H,5,8-9H2,1H3. The van der Waals surface area contributed by atoms with E-state index < -0.39 is 0 Å². The minimum Gasteiger partial charge on any atom is -0.293 e. The van der Waals surface area contributed by atoms with Gasteiger partial charge in [0.15, 0.2) is 0 Å². The molecule has 0 bridgehead atoms. The largest absolute Gasteiger partial charge is 0.293 e. The van der Waals surface area contributed by atoms with Gasteiger partial charge in [0.25, 0.3) is 0 Å². The summed E-state index contributed by atoms with van der Waals surface area (Å²) in [5.74, 6) is 0. The van der Waals surface area contributed by atoms with Crippen LogP contribution in [0.5, 0.6) is 0 Å². The van der Waals surface area contributed by atoms with Crippen molar-refractivity contribution in [2.75, 3.05) is 12.8 Å². The van der Waals surface area contributed by atoms with Crippen LogP contribution in [0, 0.1) is 0 Å². The third-order valence-electron chi connectivity index (χ3n) is 2.55. The molecule has 1 nitrogen and oxygen atoms in total.